The van der Waals surface area contributed by atoms with Crippen molar-refractivity contribution in [3.05, 3.63) is 59.1 Å². The molecule has 0 bridgehead atoms. The summed E-state index contributed by atoms with van der Waals surface area (Å²) in [6, 6.07) is 11.4. The smallest absolute Gasteiger partial charge is 0.166 e. The van der Waals surface area contributed by atoms with Gasteiger partial charge < -0.3 is 0 Å². The molecule has 2 aromatic carbocycles. The molecule has 0 saturated heterocycles. The lowest BCUT2D eigenvalue weighted by Crippen LogP contribution is -2.03. The minimum atomic E-state index is -4.35. The van der Waals surface area contributed by atoms with Crippen LogP contribution in [0.4, 0.5) is 18.9 Å². The minimum Gasteiger partial charge on any atom is -0.166 e. The highest BCUT2D eigenvalue weighted by atomic mass is 19.4. The minimum absolute atomic E-state index is 0.317. The number of nitrogens with zero attached hydrogens (tertiary/aromatic N) is 2. The second-order valence-electron chi connectivity index (χ2n) is 3.69. The first-order valence-corrected chi connectivity index (χ1v) is 5.14. The van der Waals surface area contributed by atoms with Crippen molar-refractivity contribution >= 4 is 5.69 Å². The number of diazo groups is 1. The molecule has 2 nitrogen and oxygen atoms in total. The van der Waals surface area contributed by atoms with Crippen molar-refractivity contribution in [2.24, 2.45) is 0 Å². The molecule has 0 aromatic heterocycles. The maximum Gasteiger partial charge on any atom is 0.416 e. The third-order valence-corrected chi connectivity index (χ3v) is 2.54. The zero-order chi connectivity index (χ0) is 13.2. The maximum atomic E-state index is 12.4. The fraction of sp³-hybridized carbons (Fsp3) is 0.0769. The third-order valence-electron chi connectivity index (χ3n) is 2.54. The van der Waals surface area contributed by atoms with Gasteiger partial charge in [0.15, 0.2) is 4.98 Å². The molecule has 18 heavy (non-hydrogen) atoms. The van der Waals surface area contributed by atoms with E-state index in [1.165, 1.54) is 12.1 Å². The summed E-state index contributed by atoms with van der Waals surface area (Å²) in [5.41, 5.74) is 0.757. The Morgan fingerprint density at radius 2 is 1.50 bits per heavy atom. The number of rotatable bonds is 1. The summed E-state index contributed by atoms with van der Waals surface area (Å²) in [7, 11) is 0. The molecule has 5 heteroatoms. The molecule has 0 unspecified atom stereocenters. The molecule has 2 aromatic rings. The predicted molar refractivity (Wildman–Crippen MR) is 61.6 cm³/mol. The average molecular weight is 249 g/mol. The van der Waals surface area contributed by atoms with Gasteiger partial charge in [0, 0.05) is 6.07 Å². The van der Waals surface area contributed by atoms with E-state index < -0.39 is 11.7 Å². The van der Waals surface area contributed by atoms with Crippen LogP contribution in [0, 0.1) is 5.39 Å². The second kappa shape index (κ2) is 4.49. The number of halogens is 3. The molecule has 0 aliphatic carbocycles. The normalized spacial score (nSPS) is 11.0. The molecule has 0 aliphatic rings. The van der Waals surface area contributed by atoms with Crippen LogP contribution in [0.5, 0.6) is 0 Å². The fourth-order valence-electron chi connectivity index (χ4n) is 1.64. The lowest BCUT2D eigenvalue weighted by Gasteiger charge is -2.06. The number of hydrogen-bond acceptors (Lipinski definition) is 1. The Balaban J connectivity index is 2.45. The topological polar surface area (TPSA) is 28.1 Å². The lowest BCUT2D eigenvalue weighted by atomic mass is 10.0. The first-order valence-electron chi connectivity index (χ1n) is 5.14. The highest BCUT2D eigenvalue weighted by Gasteiger charge is 2.30. The molecule has 2 rings (SSSR count). The van der Waals surface area contributed by atoms with Crippen LogP contribution >= 0.6 is 0 Å². The molecule has 0 radical (unpaired) electrons. The Hall–Kier alpha value is -2.35. The molecule has 0 spiro atoms. The average Bonchev–Trinajstić information content (AvgIpc) is 2.38. The summed E-state index contributed by atoms with van der Waals surface area (Å²) in [4.78, 5) is 3.10. The van der Waals surface area contributed by atoms with Crippen LogP contribution in [0.1, 0.15) is 5.56 Å². The first-order chi connectivity index (χ1) is 8.52. The van der Waals surface area contributed by atoms with Gasteiger partial charge in [0.25, 0.3) is 0 Å². The monoisotopic (exact) mass is 249 g/mol. The van der Waals surface area contributed by atoms with Crippen LogP contribution in [-0.2, 0) is 6.18 Å². The summed E-state index contributed by atoms with van der Waals surface area (Å²) >= 11 is 0. The van der Waals surface area contributed by atoms with E-state index in [1.807, 2.05) is 0 Å². The van der Waals surface area contributed by atoms with Gasteiger partial charge in [-0.05, 0) is 23.8 Å². The van der Waals surface area contributed by atoms with Crippen molar-refractivity contribution in [2.75, 3.05) is 0 Å². The summed E-state index contributed by atoms with van der Waals surface area (Å²) in [5, 5.41) is 8.81. The Bertz CT molecular complexity index is 595. The Morgan fingerprint density at radius 1 is 0.889 bits per heavy atom. The van der Waals surface area contributed by atoms with Gasteiger partial charge in [-0.3, -0.25) is 0 Å². The van der Waals surface area contributed by atoms with Crippen LogP contribution < -0.4 is 0 Å². The van der Waals surface area contributed by atoms with Gasteiger partial charge in [-0.15, -0.1) is 0 Å². The van der Waals surface area contributed by atoms with Gasteiger partial charge in [0.05, 0.1) is 11.1 Å². The molecule has 0 amide bonds. The summed E-state index contributed by atoms with van der Waals surface area (Å²) in [6.07, 6.45) is -4.35. The number of alkyl halides is 3. The van der Waals surface area contributed by atoms with Crippen LogP contribution in [0.2, 0.25) is 0 Å². The molecule has 0 saturated carbocycles. The van der Waals surface area contributed by atoms with E-state index in [0.717, 1.165) is 12.1 Å². The van der Waals surface area contributed by atoms with Gasteiger partial charge in [-0.1, -0.05) is 24.3 Å². The van der Waals surface area contributed by atoms with Gasteiger partial charge in [-0.2, -0.15) is 13.2 Å². The van der Waals surface area contributed by atoms with Crippen LogP contribution in [-0.4, -0.2) is 0 Å². The SMILES string of the molecule is N#[N+]c1ccccc1-c1ccc(C(F)(F)F)cc1. The second-order valence-corrected chi connectivity index (χ2v) is 3.69. The highest BCUT2D eigenvalue weighted by Crippen LogP contribution is 2.33. The number of benzene rings is 2. The van der Waals surface area contributed by atoms with Gasteiger partial charge in [0.1, 0.15) is 0 Å². The van der Waals surface area contributed by atoms with Crippen LogP contribution in [0.3, 0.4) is 0 Å². The molecule has 0 heterocycles. The van der Waals surface area contributed by atoms with E-state index in [2.05, 4.69) is 4.98 Å². The van der Waals surface area contributed by atoms with Crippen LogP contribution in [0.15, 0.2) is 48.5 Å². The van der Waals surface area contributed by atoms with Crippen molar-refractivity contribution < 1.29 is 13.2 Å². The van der Waals surface area contributed by atoms with E-state index in [-0.39, 0.29) is 0 Å². The molecular formula is C13H8F3N2+. The molecule has 0 N–H and O–H groups in total. The van der Waals surface area contributed by atoms with Crippen molar-refractivity contribution in [1.29, 1.82) is 5.39 Å². The standard InChI is InChI=1S/C13H8F3N2/c14-13(15,16)10-7-5-9(6-8-10)11-3-1-2-4-12(11)18-17/h1-8H/q+1. The van der Waals surface area contributed by atoms with Crippen molar-refractivity contribution in [1.82, 2.24) is 0 Å². The van der Waals surface area contributed by atoms with E-state index in [9.17, 15) is 13.2 Å². The third kappa shape index (κ3) is 2.33. The highest BCUT2D eigenvalue weighted by molar-refractivity contribution is 5.78. The van der Waals surface area contributed by atoms with E-state index >= 15 is 0 Å². The Labute approximate surface area is 101 Å². The lowest BCUT2D eigenvalue weighted by molar-refractivity contribution is -0.137. The summed E-state index contributed by atoms with van der Waals surface area (Å²) in [6.45, 7) is 0. The van der Waals surface area contributed by atoms with Gasteiger partial charge in [-0.25, -0.2) is 0 Å². The molecule has 0 atom stereocenters. The van der Waals surface area contributed by atoms with Crippen molar-refractivity contribution in [3.8, 4) is 11.1 Å². The van der Waals surface area contributed by atoms with Crippen LogP contribution in [0.25, 0.3) is 16.1 Å². The number of hydrogen-bond donors (Lipinski definition) is 0. The zero-order valence-electron chi connectivity index (χ0n) is 9.15. The fourth-order valence-corrected chi connectivity index (χ4v) is 1.64. The molecule has 0 fully saturated rings. The molecule has 90 valence electrons. The predicted octanol–water partition coefficient (Wildman–Crippen LogP) is 4.86. The summed E-state index contributed by atoms with van der Waals surface area (Å²) < 4.78 is 37.2. The van der Waals surface area contributed by atoms with E-state index in [4.69, 9.17) is 5.39 Å². The molecular weight excluding hydrogens is 241 g/mol. The Morgan fingerprint density at radius 3 is 2.06 bits per heavy atom. The first kappa shape index (κ1) is 12.1. The largest absolute Gasteiger partial charge is 0.416 e. The Kier molecular flexibility index (Phi) is 3.02. The van der Waals surface area contributed by atoms with Crippen molar-refractivity contribution in [2.45, 2.75) is 6.18 Å². The van der Waals surface area contributed by atoms with Gasteiger partial charge >= 0.3 is 11.9 Å². The molecule has 0 aliphatic heterocycles. The van der Waals surface area contributed by atoms with Gasteiger partial charge in [0.2, 0.25) is 5.39 Å². The van der Waals surface area contributed by atoms with Crippen molar-refractivity contribution in [3.63, 3.8) is 0 Å². The zero-order valence-corrected chi connectivity index (χ0v) is 9.15. The van der Waals surface area contributed by atoms with E-state index in [1.54, 1.807) is 24.3 Å². The summed E-state index contributed by atoms with van der Waals surface area (Å²) in [5.74, 6) is 0. The van der Waals surface area contributed by atoms with E-state index in [0.29, 0.717) is 16.8 Å². The quantitative estimate of drug-likeness (QED) is 0.663. The maximum absolute atomic E-state index is 12.4.